The molecule has 0 unspecified atom stereocenters. The quantitative estimate of drug-likeness (QED) is 0.858. The molecule has 3 nitrogen and oxygen atoms in total. The summed E-state index contributed by atoms with van der Waals surface area (Å²) < 4.78 is 5.34. The lowest BCUT2D eigenvalue weighted by atomic mass is 9.91. The van der Waals surface area contributed by atoms with Crippen molar-refractivity contribution in [2.45, 2.75) is 44.9 Å². The lowest BCUT2D eigenvalue weighted by molar-refractivity contribution is 0.414. The Labute approximate surface area is 131 Å². The molecule has 0 radical (unpaired) electrons. The van der Waals surface area contributed by atoms with Crippen LogP contribution < -0.4 is 4.74 Å². The second kappa shape index (κ2) is 5.71. The highest BCUT2D eigenvalue weighted by Gasteiger charge is 2.21. The number of rotatable bonds is 3. The third kappa shape index (κ3) is 2.49. The molecule has 3 heteroatoms. The maximum Gasteiger partial charge on any atom is 0.119 e. The number of hydrogen-bond donors (Lipinski definition) is 0. The first-order valence-electron chi connectivity index (χ1n) is 8.35. The van der Waals surface area contributed by atoms with E-state index in [1.807, 2.05) is 12.3 Å². The van der Waals surface area contributed by atoms with Crippen LogP contribution in [-0.2, 0) is 19.3 Å². The number of ether oxygens (including phenoxy) is 1. The average molecular weight is 294 g/mol. The van der Waals surface area contributed by atoms with Gasteiger partial charge in [-0.1, -0.05) is 25.7 Å². The van der Waals surface area contributed by atoms with E-state index < -0.39 is 0 Å². The molecular formula is C19H22N2O. The minimum atomic E-state index is 0.811. The predicted octanol–water partition coefficient (Wildman–Crippen LogP) is 3.98. The van der Waals surface area contributed by atoms with E-state index in [1.165, 1.54) is 36.8 Å². The first-order chi connectivity index (χ1) is 10.8. The Morgan fingerprint density at radius 2 is 2.05 bits per heavy atom. The van der Waals surface area contributed by atoms with Crippen LogP contribution in [0.2, 0.25) is 0 Å². The number of aryl methyl sites for hydroxylation is 2. The van der Waals surface area contributed by atoms with E-state index in [4.69, 9.17) is 14.7 Å². The number of hydrogen-bond acceptors (Lipinski definition) is 3. The Kier molecular flexibility index (Phi) is 3.57. The summed E-state index contributed by atoms with van der Waals surface area (Å²) in [6.07, 6.45) is 10.6. The molecule has 2 aliphatic carbocycles. The highest BCUT2D eigenvalue weighted by Crippen LogP contribution is 2.34. The van der Waals surface area contributed by atoms with E-state index in [1.54, 1.807) is 7.11 Å². The number of methoxy groups -OCH3 is 1. The van der Waals surface area contributed by atoms with Gasteiger partial charge in [-0.2, -0.15) is 0 Å². The SMILES string of the molecule is COc1ccc2c(c1)CCc1ncc(CC3CCCC3)nc1-2. The normalized spacial score (nSPS) is 17.1. The van der Waals surface area contributed by atoms with Gasteiger partial charge in [-0.25, -0.2) is 4.98 Å². The van der Waals surface area contributed by atoms with E-state index in [9.17, 15) is 0 Å². The van der Waals surface area contributed by atoms with Gasteiger partial charge in [0, 0.05) is 11.8 Å². The summed E-state index contributed by atoms with van der Waals surface area (Å²) in [6, 6.07) is 6.31. The average Bonchev–Trinajstić information content (AvgIpc) is 3.07. The zero-order chi connectivity index (χ0) is 14.9. The second-order valence-corrected chi connectivity index (χ2v) is 6.53. The first kappa shape index (κ1) is 13.7. The molecule has 1 fully saturated rings. The molecule has 1 saturated carbocycles. The monoisotopic (exact) mass is 294 g/mol. The van der Waals surface area contributed by atoms with Gasteiger partial charge in [-0.15, -0.1) is 0 Å². The zero-order valence-electron chi connectivity index (χ0n) is 13.1. The summed E-state index contributed by atoms with van der Waals surface area (Å²) in [6.45, 7) is 0. The third-order valence-corrected chi connectivity index (χ3v) is 5.07. The van der Waals surface area contributed by atoms with Crippen molar-refractivity contribution in [2.24, 2.45) is 5.92 Å². The van der Waals surface area contributed by atoms with E-state index in [2.05, 4.69) is 12.1 Å². The van der Waals surface area contributed by atoms with Gasteiger partial charge < -0.3 is 4.74 Å². The summed E-state index contributed by atoms with van der Waals surface area (Å²) >= 11 is 0. The van der Waals surface area contributed by atoms with Crippen LogP contribution in [0, 0.1) is 5.92 Å². The molecule has 0 spiro atoms. The van der Waals surface area contributed by atoms with Crippen molar-refractivity contribution in [3.8, 4) is 17.0 Å². The molecule has 1 aromatic heterocycles. The molecule has 1 aromatic carbocycles. The van der Waals surface area contributed by atoms with Crippen molar-refractivity contribution in [3.05, 3.63) is 41.3 Å². The maximum atomic E-state index is 5.34. The maximum absolute atomic E-state index is 5.34. The lowest BCUT2D eigenvalue weighted by Crippen LogP contribution is -2.11. The number of aromatic nitrogens is 2. The lowest BCUT2D eigenvalue weighted by Gasteiger charge is -2.20. The molecule has 2 aliphatic rings. The molecule has 0 saturated heterocycles. The molecule has 1 heterocycles. The number of nitrogens with zero attached hydrogens (tertiary/aromatic N) is 2. The molecule has 2 aromatic rings. The Balaban J connectivity index is 1.68. The van der Waals surface area contributed by atoms with Crippen molar-refractivity contribution in [1.82, 2.24) is 9.97 Å². The van der Waals surface area contributed by atoms with Crippen LogP contribution in [0.1, 0.15) is 42.6 Å². The van der Waals surface area contributed by atoms with Crippen molar-refractivity contribution in [1.29, 1.82) is 0 Å². The standard InChI is InChI=1S/C19H22N2O/c1-22-16-7-8-17-14(11-16)6-9-18-19(17)21-15(12-20-18)10-13-4-2-3-5-13/h7-8,11-13H,2-6,9-10H2,1H3. The predicted molar refractivity (Wildman–Crippen MR) is 87.1 cm³/mol. The number of benzene rings is 1. The minimum absolute atomic E-state index is 0.811. The summed E-state index contributed by atoms with van der Waals surface area (Å²) in [7, 11) is 1.72. The molecule has 0 atom stereocenters. The highest BCUT2D eigenvalue weighted by atomic mass is 16.5. The molecule has 22 heavy (non-hydrogen) atoms. The van der Waals surface area contributed by atoms with Gasteiger partial charge in [-0.05, 0) is 48.9 Å². The number of fused-ring (bicyclic) bond motifs is 3. The van der Waals surface area contributed by atoms with Gasteiger partial charge in [-0.3, -0.25) is 4.98 Å². The van der Waals surface area contributed by atoms with E-state index in [0.717, 1.165) is 48.0 Å². The van der Waals surface area contributed by atoms with E-state index in [0.29, 0.717) is 0 Å². The smallest absolute Gasteiger partial charge is 0.119 e. The molecule has 0 bridgehead atoms. The van der Waals surface area contributed by atoms with Crippen molar-refractivity contribution >= 4 is 0 Å². The molecule has 0 aliphatic heterocycles. The van der Waals surface area contributed by atoms with Gasteiger partial charge in [0.05, 0.1) is 24.2 Å². The molecular weight excluding hydrogens is 272 g/mol. The van der Waals surface area contributed by atoms with Gasteiger partial charge in [0.25, 0.3) is 0 Å². The molecule has 4 rings (SSSR count). The van der Waals surface area contributed by atoms with Crippen LogP contribution in [0.4, 0.5) is 0 Å². The fraction of sp³-hybridized carbons (Fsp3) is 0.474. The van der Waals surface area contributed by atoms with Crippen molar-refractivity contribution < 1.29 is 4.74 Å². The van der Waals surface area contributed by atoms with Gasteiger partial charge in [0.2, 0.25) is 0 Å². The van der Waals surface area contributed by atoms with Crippen LogP contribution in [-0.4, -0.2) is 17.1 Å². The van der Waals surface area contributed by atoms with Crippen LogP contribution in [0.5, 0.6) is 5.75 Å². The minimum Gasteiger partial charge on any atom is -0.497 e. The molecule has 0 amide bonds. The van der Waals surface area contributed by atoms with Crippen molar-refractivity contribution in [2.75, 3.05) is 7.11 Å². The van der Waals surface area contributed by atoms with Crippen LogP contribution in [0.25, 0.3) is 11.3 Å². The van der Waals surface area contributed by atoms with E-state index >= 15 is 0 Å². The topological polar surface area (TPSA) is 35.0 Å². The Morgan fingerprint density at radius 3 is 2.86 bits per heavy atom. The Morgan fingerprint density at radius 1 is 1.18 bits per heavy atom. The summed E-state index contributed by atoms with van der Waals surface area (Å²) in [4.78, 5) is 9.68. The highest BCUT2D eigenvalue weighted by molar-refractivity contribution is 5.69. The van der Waals surface area contributed by atoms with E-state index in [-0.39, 0.29) is 0 Å². The van der Waals surface area contributed by atoms with Gasteiger partial charge in [0.1, 0.15) is 5.75 Å². The van der Waals surface area contributed by atoms with Gasteiger partial charge >= 0.3 is 0 Å². The van der Waals surface area contributed by atoms with Crippen LogP contribution >= 0.6 is 0 Å². The first-order valence-corrected chi connectivity index (χ1v) is 8.35. The Bertz CT molecular complexity index is 690. The second-order valence-electron chi connectivity index (χ2n) is 6.53. The largest absolute Gasteiger partial charge is 0.497 e. The summed E-state index contributed by atoms with van der Waals surface area (Å²) in [5.41, 5.74) is 5.98. The van der Waals surface area contributed by atoms with Gasteiger partial charge in [0.15, 0.2) is 0 Å². The summed E-state index contributed by atoms with van der Waals surface area (Å²) in [5, 5.41) is 0. The summed E-state index contributed by atoms with van der Waals surface area (Å²) in [5.74, 6) is 1.74. The Hall–Kier alpha value is -1.90. The molecule has 0 N–H and O–H groups in total. The zero-order valence-corrected chi connectivity index (χ0v) is 13.1. The van der Waals surface area contributed by atoms with Crippen LogP contribution in [0.3, 0.4) is 0 Å². The fourth-order valence-electron chi connectivity index (χ4n) is 3.85. The fourth-order valence-corrected chi connectivity index (χ4v) is 3.85. The third-order valence-electron chi connectivity index (χ3n) is 5.07. The molecule has 114 valence electrons. The van der Waals surface area contributed by atoms with Crippen molar-refractivity contribution in [3.63, 3.8) is 0 Å². The van der Waals surface area contributed by atoms with Crippen LogP contribution in [0.15, 0.2) is 24.4 Å².